The number of hydrogen-bond acceptors (Lipinski definition) is 3. The van der Waals surface area contributed by atoms with Crippen LogP contribution in [-0.2, 0) is 4.79 Å². The molecular formula is C23H19Cl3N2O2. The number of benzene rings is 3. The van der Waals surface area contributed by atoms with Crippen LogP contribution in [0.3, 0.4) is 0 Å². The van der Waals surface area contributed by atoms with Crippen molar-refractivity contribution in [3.05, 3.63) is 86.4 Å². The minimum atomic E-state index is -0.310. The number of nitrogens with one attached hydrogen (secondary N) is 1. The number of carbonyl (C=O) groups excluding carboxylic acids is 1. The van der Waals surface area contributed by atoms with E-state index in [1.54, 1.807) is 30.5 Å². The molecular weight excluding hydrogens is 443 g/mol. The van der Waals surface area contributed by atoms with Gasteiger partial charge in [0.15, 0.2) is 12.4 Å². The minimum Gasteiger partial charge on any atom is -0.481 e. The minimum absolute atomic E-state index is 0.220. The number of aryl methyl sites for hydroxylation is 2. The molecule has 0 saturated heterocycles. The lowest BCUT2D eigenvalue weighted by Gasteiger charge is -2.11. The molecule has 154 valence electrons. The third-order valence-electron chi connectivity index (χ3n) is 4.19. The van der Waals surface area contributed by atoms with E-state index in [4.69, 9.17) is 39.5 Å². The molecule has 0 unspecified atom stereocenters. The molecule has 0 atom stereocenters. The van der Waals surface area contributed by atoms with Gasteiger partial charge in [0.1, 0.15) is 0 Å². The summed E-state index contributed by atoms with van der Waals surface area (Å²) in [6.07, 6.45) is 1.64. The van der Waals surface area contributed by atoms with Crippen LogP contribution in [0.15, 0.2) is 59.6 Å². The Morgan fingerprint density at radius 3 is 2.47 bits per heavy atom. The Morgan fingerprint density at radius 2 is 1.77 bits per heavy atom. The summed E-state index contributed by atoms with van der Waals surface area (Å²) in [5.74, 6) is -0.0661. The smallest absolute Gasteiger partial charge is 0.262 e. The van der Waals surface area contributed by atoms with Gasteiger partial charge in [-0.05, 0) is 66.9 Å². The fourth-order valence-corrected chi connectivity index (χ4v) is 3.49. The third-order valence-corrected chi connectivity index (χ3v) is 4.99. The highest BCUT2D eigenvalue weighted by molar-refractivity contribution is 6.37. The first-order valence-electron chi connectivity index (χ1n) is 9.10. The van der Waals surface area contributed by atoms with Crippen LogP contribution in [0.4, 0.5) is 11.4 Å². The Labute approximate surface area is 190 Å². The lowest BCUT2D eigenvalue weighted by molar-refractivity contribution is -0.118. The molecule has 1 amide bonds. The molecule has 0 aliphatic carbocycles. The molecule has 4 nitrogen and oxygen atoms in total. The van der Waals surface area contributed by atoms with Crippen LogP contribution in [0.1, 0.15) is 16.7 Å². The van der Waals surface area contributed by atoms with Gasteiger partial charge in [0.25, 0.3) is 5.91 Å². The van der Waals surface area contributed by atoms with Crippen molar-refractivity contribution in [1.29, 1.82) is 0 Å². The summed E-state index contributed by atoms with van der Waals surface area (Å²) < 4.78 is 5.55. The molecule has 1 N–H and O–H groups in total. The quantitative estimate of drug-likeness (QED) is 0.400. The van der Waals surface area contributed by atoms with Gasteiger partial charge in [-0.25, -0.2) is 0 Å². The van der Waals surface area contributed by atoms with Crippen LogP contribution in [-0.4, -0.2) is 18.7 Å². The van der Waals surface area contributed by atoms with E-state index in [0.717, 1.165) is 16.8 Å². The fourth-order valence-electron chi connectivity index (χ4n) is 2.72. The third kappa shape index (κ3) is 5.99. The number of hydrogen-bond donors (Lipinski definition) is 1. The Bertz CT molecular complexity index is 1090. The predicted molar refractivity (Wildman–Crippen MR) is 125 cm³/mol. The molecule has 0 radical (unpaired) electrons. The maximum Gasteiger partial charge on any atom is 0.262 e. The van der Waals surface area contributed by atoms with Crippen molar-refractivity contribution >= 4 is 58.3 Å². The molecule has 0 spiro atoms. The van der Waals surface area contributed by atoms with E-state index < -0.39 is 0 Å². The van der Waals surface area contributed by atoms with Crippen LogP contribution < -0.4 is 10.1 Å². The second kappa shape index (κ2) is 9.98. The molecule has 3 rings (SSSR count). The van der Waals surface area contributed by atoms with Crippen LogP contribution in [0.2, 0.25) is 15.1 Å². The topological polar surface area (TPSA) is 50.7 Å². The largest absolute Gasteiger partial charge is 0.481 e. The highest BCUT2D eigenvalue weighted by Gasteiger charge is 2.12. The molecule has 0 aliphatic rings. The number of ether oxygens (including phenoxy) is 1. The summed E-state index contributed by atoms with van der Waals surface area (Å²) in [4.78, 5) is 16.6. The van der Waals surface area contributed by atoms with Crippen molar-refractivity contribution in [2.45, 2.75) is 13.8 Å². The summed E-state index contributed by atoms with van der Waals surface area (Å²) in [7, 11) is 0. The first-order valence-corrected chi connectivity index (χ1v) is 10.2. The monoisotopic (exact) mass is 460 g/mol. The highest BCUT2D eigenvalue weighted by Crippen LogP contribution is 2.34. The second-order valence-corrected chi connectivity index (χ2v) is 7.96. The molecule has 7 heteroatoms. The number of nitrogens with zero attached hydrogens (tertiary/aromatic N) is 1. The van der Waals surface area contributed by atoms with E-state index in [0.29, 0.717) is 16.3 Å². The summed E-state index contributed by atoms with van der Waals surface area (Å²) in [5, 5.41) is 3.95. The molecule has 0 bridgehead atoms. The molecule has 0 aliphatic heterocycles. The number of anilines is 1. The number of carbonyl (C=O) groups is 1. The van der Waals surface area contributed by atoms with Gasteiger partial charge in [0, 0.05) is 16.9 Å². The predicted octanol–water partition coefficient (Wildman–Crippen LogP) is 7.03. The van der Waals surface area contributed by atoms with Crippen molar-refractivity contribution in [2.75, 3.05) is 11.9 Å². The zero-order valence-corrected chi connectivity index (χ0v) is 18.6. The number of amides is 1. The average molecular weight is 462 g/mol. The van der Waals surface area contributed by atoms with Crippen LogP contribution in [0, 0.1) is 13.8 Å². The lowest BCUT2D eigenvalue weighted by Crippen LogP contribution is -2.20. The highest BCUT2D eigenvalue weighted by atomic mass is 35.5. The van der Waals surface area contributed by atoms with E-state index in [1.807, 2.05) is 44.2 Å². The first-order chi connectivity index (χ1) is 14.3. The van der Waals surface area contributed by atoms with Gasteiger partial charge in [0.05, 0.1) is 15.7 Å². The van der Waals surface area contributed by atoms with Crippen LogP contribution >= 0.6 is 34.8 Å². The van der Waals surface area contributed by atoms with Gasteiger partial charge in [-0.2, -0.15) is 0 Å². The lowest BCUT2D eigenvalue weighted by atomic mass is 10.2. The number of rotatable bonds is 6. The van der Waals surface area contributed by atoms with Gasteiger partial charge >= 0.3 is 0 Å². The van der Waals surface area contributed by atoms with Gasteiger partial charge in [0.2, 0.25) is 0 Å². The second-order valence-electron chi connectivity index (χ2n) is 6.71. The summed E-state index contributed by atoms with van der Waals surface area (Å²) >= 11 is 18.7. The van der Waals surface area contributed by atoms with Gasteiger partial charge in [-0.1, -0.05) is 53.0 Å². The zero-order valence-electron chi connectivity index (χ0n) is 16.4. The molecule has 3 aromatic carbocycles. The summed E-state index contributed by atoms with van der Waals surface area (Å²) in [6, 6.07) is 16.3. The molecule has 0 heterocycles. The number of aliphatic imine (C=N–C) groups is 1. The SMILES string of the molecule is Cc1cccc(NC(=O)COc2c(Cl)cc(C=Nc3cc(Cl)ccc3C)cc2Cl)c1. The van der Waals surface area contributed by atoms with Crippen LogP contribution in [0.5, 0.6) is 5.75 Å². The van der Waals surface area contributed by atoms with E-state index in [1.165, 1.54) is 0 Å². The van der Waals surface area contributed by atoms with Crippen molar-refractivity contribution in [2.24, 2.45) is 4.99 Å². The normalized spacial score (nSPS) is 11.0. The van der Waals surface area contributed by atoms with E-state index in [9.17, 15) is 4.79 Å². The average Bonchev–Trinajstić information content (AvgIpc) is 2.68. The molecule has 0 fully saturated rings. The Balaban J connectivity index is 1.68. The van der Waals surface area contributed by atoms with Crippen molar-refractivity contribution in [3.63, 3.8) is 0 Å². The van der Waals surface area contributed by atoms with Crippen molar-refractivity contribution in [1.82, 2.24) is 0 Å². The van der Waals surface area contributed by atoms with Crippen molar-refractivity contribution < 1.29 is 9.53 Å². The van der Waals surface area contributed by atoms with E-state index >= 15 is 0 Å². The molecule has 3 aromatic rings. The maximum atomic E-state index is 12.2. The maximum absolute atomic E-state index is 12.2. The standard InChI is InChI=1S/C23H19Cl3N2O2/c1-14-4-3-5-18(8-14)28-22(29)13-30-23-19(25)9-16(10-20(23)26)12-27-21-11-17(24)7-6-15(21)2/h3-12H,13H2,1-2H3,(H,28,29). The zero-order chi connectivity index (χ0) is 21.7. The first kappa shape index (κ1) is 22.2. The Kier molecular flexibility index (Phi) is 7.38. The van der Waals surface area contributed by atoms with E-state index in [2.05, 4.69) is 10.3 Å². The Morgan fingerprint density at radius 1 is 1.03 bits per heavy atom. The number of halogens is 3. The van der Waals surface area contributed by atoms with Crippen molar-refractivity contribution in [3.8, 4) is 5.75 Å². The van der Waals surface area contributed by atoms with Gasteiger partial charge in [-0.15, -0.1) is 0 Å². The summed E-state index contributed by atoms with van der Waals surface area (Å²) in [6.45, 7) is 3.68. The summed E-state index contributed by atoms with van der Waals surface area (Å²) in [5.41, 5.74) is 4.19. The molecule has 30 heavy (non-hydrogen) atoms. The fraction of sp³-hybridized carbons (Fsp3) is 0.130. The van der Waals surface area contributed by atoms with E-state index in [-0.39, 0.29) is 28.3 Å². The van der Waals surface area contributed by atoms with Gasteiger partial charge < -0.3 is 10.1 Å². The Hall–Kier alpha value is -2.53. The van der Waals surface area contributed by atoms with Crippen LogP contribution in [0.25, 0.3) is 0 Å². The molecule has 0 aromatic heterocycles. The molecule has 0 saturated carbocycles. The van der Waals surface area contributed by atoms with Gasteiger partial charge in [-0.3, -0.25) is 9.79 Å².